The van der Waals surface area contributed by atoms with Crippen molar-refractivity contribution in [3.63, 3.8) is 0 Å². The molecule has 0 aromatic rings. The Morgan fingerprint density at radius 3 is 2.18 bits per heavy atom. The summed E-state index contributed by atoms with van der Waals surface area (Å²) in [7, 11) is 1.74. The summed E-state index contributed by atoms with van der Waals surface area (Å²) in [5, 5.41) is 9.35. The third kappa shape index (κ3) is 6.65. The first-order valence-electron chi connectivity index (χ1n) is 10.5. The second-order valence-electron chi connectivity index (χ2n) is 8.13. The maximum Gasteiger partial charge on any atom is 0.325 e. The van der Waals surface area contributed by atoms with E-state index in [1.807, 2.05) is 6.92 Å². The predicted octanol–water partition coefficient (Wildman–Crippen LogP) is 1.77. The van der Waals surface area contributed by atoms with Crippen LogP contribution in [0.2, 0.25) is 0 Å². The quantitative estimate of drug-likeness (QED) is 0.214. The number of hydrogen-bond acceptors (Lipinski definition) is 4. The molecule has 1 aliphatic heterocycles. The van der Waals surface area contributed by atoms with Crippen LogP contribution >= 0.6 is 0 Å². The molecule has 28 heavy (non-hydrogen) atoms. The normalized spacial score (nSPS) is 20.5. The number of carbonyl (C=O) groups excluding carboxylic acids is 2. The van der Waals surface area contributed by atoms with E-state index in [0.29, 0.717) is 38.0 Å². The lowest BCUT2D eigenvalue weighted by Gasteiger charge is -2.30. The first-order valence-corrected chi connectivity index (χ1v) is 10.5. The summed E-state index contributed by atoms with van der Waals surface area (Å²) in [5.74, 6) is 0.610. The Balaban J connectivity index is 2.29. The highest BCUT2D eigenvalue weighted by Gasteiger charge is 2.45. The van der Waals surface area contributed by atoms with Gasteiger partial charge in [-0.2, -0.15) is 0 Å². The van der Waals surface area contributed by atoms with Crippen molar-refractivity contribution in [2.45, 2.75) is 78.4 Å². The van der Waals surface area contributed by atoms with Crippen molar-refractivity contribution in [3.05, 3.63) is 0 Å². The molecule has 0 radical (unpaired) electrons. The number of nitrogens with zero attached hydrogens (tertiary/aromatic N) is 3. The van der Waals surface area contributed by atoms with Gasteiger partial charge in [0.05, 0.1) is 0 Å². The largest absolute Gasteiger partial charge is 0.356 e. The van der Waals surface area contributed by atoms with Crippen LogP contribution in [0.25, 0.3) is 0 Å². The summed E-state index contributed by atoms with van der Waals surface area (Å²) in [6.07, 6.45) is 2.30. The fourth-order valence-corrected chi connectivity index (χ4v) is 3.44. The molecule has 3 amide bonds. The molecule has 1 saturated heterocycles. The number of guanidine groups is 1. The summed E-state index contributed by atoms with van der Waals surface area (Å²) in [6, 6.07) is 0.784. The lowest BCUT2D eigenvalue weighted by molar-refractivity contribution is -0.130. The van der Waals surface area contributed by atoms with Crippen LogP contribution in [0.5, 0.6) is 0 Å². The molecule has 0 saturated carbocycles. The van der Waals surface area contributed by atoms with E-state index < -0.39 is 5.54 Å². The SMILES string of the molecule is CCC1(C)NC(=O)N(CCCNC(=NC)NCCCN(C(C)C)C(C)C)C1=O. The van der Waals surface area contributed by atoms with Crippen LogP contribution in [-0.4, -0.2) is 78.5 Å². The number of hydrogen-bond donors (Lipinski definition) is 3. The van der Waals surface area contributed by atoms with Gasteiger partial charge in [0.25, 0.3) is 5.91 Å². The molecule has 0 aliphatic carbocycles. The fourth-order valence-electron chi connectivity index (χ4n) is 3.44. The number of urea groups is 1. The second-order valence-corrected chi connectivity index (χ2v) is 8.13. The first kappa shape index (κ1) is 24.2. The van der Waals surface area contributed by atoms with Crippen LogP contribution in [0.15, 0.2) is 4.99 Å². The van der Waals surface area contributed by atoms with Crippen LogP contribution in [-0.2, 0) is 4.79 Å². The molecule has 0 spiro atoms. The van der Waals surface area contributed by atoms with Gasteiger partial charge in [-0.15, -0.1) is 0 Å². The number of carbonyl (C=O) groups is 2. The zero-order valence-electron chi connectivity index (χ0n) is 18.8. The molecule has 1 unspecified atom stereocenters. The highest BCUT2D eigenvalue weighted by molar-refractivity contribution is 6.06. The highest BCUT2D eigenvalue weighted by Crippen LogP contribution is 2.20. The van der Waals surface area contributed by atoms with Gasteiger partial charge in [0.2, 0.25) is 0 Å². The molecule has 0 aromatic carbocycles. The Hall–Kier alpha value is -1.83. The van der Waals surface area contributed by atoms with Gasteiger partial charge < -0.3 is 16.0 Å². The summed E-state index contributed by atoms with van der Waals surface area (Å²) in [4.78, 5) is 32.4. The summed E-state index contributed by atoms with van der Waals surface area (Å²) >= 11 is 0. The van der Waals surface area contributed by atoms with Crippen molar-refractivity contribution in [2.24, 2.45) is 4.99 Å². The van der Waals surface area contributed by atoms with E-state index in [4.69, 9.17) is 0 Å². The zero-order chi connectivity index (χ0) is 21.3. The Morgan fingerprint density at radius 1 is 1.14 bits per heavy atom. The molecule has 0 aromatic heterocycles. The van der Waals surface area contributed by atoms with E-state index in [0.717, 1.165) is 25.5 Å². The number of rotatable bonds is 11. The van der Waals surface area contributed by atoms with Gasteiger partial charge in [0.15, 0.2) is 5.96 Å². The Kier molecular flexibility index (Phi) is 9.72. The van der Waals surface area contributed by atoms with E-state index in [9.17, 15) is 9.59 Å². The van der Waals surface area contributed by atoms with E-state index >= 15 is 0 Å². The number of imide groups is 1. The van der Waals surface area contributed by atoms with Crippen molar-refractivity contribution in [1.82, 2.24) is 25.8 Å². The van der Waals surface area contributed by atoms with Crippen LogP contribution in [0.1, 0.15) is 60.8 Å². The van der Waals surface area contributed by atoms with Crippen LogP contribution in [0, 0.1) is 0 Å². The monoisotopic (exact) mass is 396 g/mol. The smallest absolute Gasteiger partial charge is 0.325 e. The van der Waals surface area contributed by atoms with Crippen LogP contribution in [0.4, 0.5) is 4.79 Å². The van der Waals surface area contributed by atoms with Crippen molar-refractivity contribution in [3.8, 4) is 0 Å². The average Bonchev–Trinajstić information content (AvgIpc) is 2.85. The average molecular weight is 397 g/mol. The predicted molar refractivity (Wildman–Crippen MR) is 115 cm³/mol. The standard InChI is InChI=1S/C20H40N6O2/c1-8-20(6)17(27)26(19(28)24-20)14-10-12-23-18(21-7)22-11-9-13-25(15(2)3)16(4)5/h15-16H,8-14H2,1-7H3,(H,24,28)(H2,21,22,23). The van der Waals surface area contributed by atoms with Gasteiger partial charge in [-0.25, -0.2) is 4.79 Å². The van der Waals surface area contributed by atoms with Gasteiger partial charge in [-0.1, -0.05) is 6.92 Å². The third-order valence-electron chi connectivity index (χ3n) is 5.34. The molecule has 0 bridgehead atoms. The Labute approximate surface area is 170 Å². The maximum absolute atomic E-state index is 12.4. The summed E-state index contributed by atoms with van der Waals surface area (Å²) < 4.78 is 0. The Bertz CT molecular complexity index is 541. The minimum atomic E-state index is -0.762. The Morgan fingerprint density at radius 2 is 1.71 bits per heavy atom. The maximum atomic E-state index is 12.4. The van der Waals surface area contributed by atoms with Gasteiger partial charge in [-0.05, 0) is 53.9 Å². The van der Waals surface area contributed by atoms with E-state index in [2.05, 4.69) is 53.5 Å². The molecular weight excluding hydrogens is 356 g/mol. The molecule has 162 valence electrons. The minimum Gasteiger partial charge on any atom is -0.356 e. The molecule has 1 atom stereocenters. The van der Waals surface area contributed by atoms with Crippen molar-refractivity contribution >= 4 is 17.9 Å². The molecule has 1 aliphatic rings. The number of nitrogens with one attached hydrogen (secondary N) is 3. The number of aliphatic imine (C=N–C) groups is 1. The summed E-state index contributed by atoms with van der Waals surface area (Å²) in [5.41, 5.74) is -0.762. The molecular formula is C20H40N6O2. The molecule has 1 fully saturated rings. The van der Waals surface area contributed by atoms with Gasteiger partial charge in [0.1, 0.15) is 5.54 Å². The zero-order valence-corrected chi connectivity index (χ0v) is 18.8. The van der Waals surface area contributed by atoms with E-state index in [-0.39, 0.29) is 11.9 Å². The minimum absolute atomic E-state index is 0.137. The van der Waals surface area contributed by atoms with Gasteiger partial charge >= 0.3 is 6.03 Å². The van der Waals surface area contributed by atoms with E-state index in [1.54, 1.807) is 14.0 Å². The third-order valence-corrected chi connectivity index (χ3v) is 5.34. The molecule has 8 heteroatoms. The van der Waals surface area contributed by atoms with Crippen molar-refractivity contribution in [1.29, 1.82) is 0 Å². The molecule has 8 nitrogen and oxygen atoms in total. The molecule has 1 rings (SSSR count). The lowest BCUT2D eigenvalue weighted by atomic mass is 9.99. The highest BCUT2D eigenvalue weighted by atomic mass is 16.2. The summed E-state index contributed by atoms with van der Waals surface area (Å²) in [6.45, 7) is 15.5. The molecule has 3 N–H and O–H groups in total. The topological polar surface area (TPSA) is 89.1 Å². The second kappa shape index (κ2) is 11.2. The van der Waals surface area contributed by atoms with E-state index in [1.165, 1.54) is 4.90 Å². The van der Waals surface area contributed by atoms with Gasteiger partial charge in [0, 0.05) is 45.3 Å². The van der Waals surface area contributed by atoms with Gasteiger partial charge in [-0.3, -0.25) is 19.6 Å². The van der Waals surface area contributed by atoms with Crippen molar-refractivity contribution in [2.75, 3.05) is 33.2 Å². The van der Waals surface area contributed by atoms with Crippen molar-refractivity contribution < 1.29 is 9.59 Å². The van der Waals surface area contributed by atoms with Crippen LogP contribution < -0.4 is 16.0 Å². The fraction of sp³-hybridized carbons (Fsp3) is 0.850. The van der Waals surface area contributed by atoms with Crippen LogP contribution in [0.3, 0.4) is 0 Å². The molecule has 1 heterocycles. The first-order chi connectivity index (χ1) is 13.2. The number of amides is 3. The lowest BCUT2D eigenvalue weighted by Crippen LogP contribution is -2.43.